The number of likely N-dealkylation sites (tertiary alicyclic amines) is 1. The van der Waals surface area contributed by atoms with Crippen molar-refractivity contribution in [2.75, 3.05) is 19.6 Å². The maximum atomic E-state index is 13.6. The molecule has 2 aromatic heterocycles. The van der Waals surface area contributed by atoms with Crippen molar-refractivity contribution in [1.82, 2.24) is 20.1 Å². The minimum Gasteiger partial charge on any atom is -0.339 e. The van der Waals surface area contributed by atoms with Crippen LogP contribution in [0.1, 0.15) is 65.3 Å². The van der Waals surface area contributed by atoms with Crippen molar-refractivity contribution in [3.63, 3.8) is 0 Å². The van der Waals surface area contributed by atoms with E-state index in [-0.39, 0.29) is 29.5 Å². The average molecular weight is 483 g/mol. The van der Waals surface area contributed by atoms with E-state index in [0.29, 0.717) is 55.8 Å². The molecule has 0 unspecified atom stereocenters. The first-order valence-corrected chi connectivity index (χ1v) is 12.7. The summed E-state index contributed by atoms with van der Waals surface area (Å²) in [6, 6.07) is 6.92. The van der Waals surface area contributed by atoms with Crippen LogP contribution in [-0.2, 0) is 11.2 Å². The molecule has 0 saturated carbocycles. The maximum Gasteiger partial charge on any atom is 0.325 e. The number of Topliss-reactive ketones (excluding diaryl/α,β-unsaturated/α-hetero) is 1. The van der Waals surface area contributed by atoms with Gasteiger partial charge in [-0.1, -0.05) is 19.4 Å². The number of imide groups is 1. The smallest absolute Gasteiger partial charge is 0.325 e. The number of ketones is 1. The molecule has 9 heteroatoms. The molecule has 4 amide bonds. The summed E-state index contributed by atoms with van der Waals surface area (Å²) in [7, 11) is 0. The number of amides is 4. The van der Waals surface area contributed by atoms with E-state index in [9.17, 15) is 19.2 Å². The predicted octanol–water partition coefficient (Wildman–Crippen LogP) is 3.53. The number of urea groups is 1. The molecule has 8 nitrogen and oxygen atoms in total. The molecule has 2 fully saturated rings. The highest BCUT2D eigenvalue weighted by molar-refractivity contribution is 7.12. The first kappa shape index (κ1) is 24.1. The zero-order valence-corrected chi connectivity index (χ0v) is 20.4. The van der Waals surface area contributed by atoms with E-state index in [1.807, 2.05) is 25.1 Å². The summed E-state index contributed by atoms with van der Waals surface area (Å²) >= 11 is 1.28. The fourth-order valence-corrected chi connectivity index (χ4v) is 5.84. The molecule has 2 aliphatic rings. The molecule has 2 saturated heterocycles. The maximum absolute atomic E-state index is 13.6. The van der Waals surface area contributed by atoms with Crippen molar-refractivity contribution in [2.45, 2.75) is 51.5 Å². The molecule has 4 rings (SSSR count). The Kier molecular flexibility index (Phi) is 7.11. The normalized spacial score (nSPS) is 21.1. The molecule has 1 N–H and O–H groups in total. The zero-order chi connectivity index (χ0) is 24.3. The van der Waals surface area contributed by atoms with Crippen LogP contribution in [0, 0.1) is 5.92 Å². The standard InChI is InChI=1S/C25H30N4O4S/c1-3-10-25(23(32)29(24(33)27-25)14-9-20-6-4-5-11-26-20)19-7-12-28(13-8-19)22(31)18-15-21(17(2)30)34-16-18/h4-6,11,15-16,19H,3,7-10,12-14H2,1-2H3,(H,27,33)/t25-/m0/s1. The Labute approximate surface area is 203 Å². The summed E-state index contributed by atoms with van der Waals surface area (Å²) in [5, 5.41) is 4.77. The molecule has 34 heavy (non-hydrogen) atoms. The van der Waals surface area contributed by atoms with Gasteiger partial charge in [0, 0.05) is 43.3 Å². The van der Waals surface area contributed by atoms with Crippen LogP contribution in [0.2, 0.25) is 0 Å². The molecular formula is C25H30N4O4S. The lowest BCUT2D eigenvalue weighted by atomic mass is 9.74. The number of hydrogen-bond donors (Lipinski definition) is 1. The lowest BCUT2D eigenvalue weighted by Gasteiger charge is -2.40. The minimum atomic E-state index is -0.921. The summed E-state index contributed by atoms with van der Waals surface area (Å²) in [6.45, 7) is 4.82. The van der Waals surface area contributed by atoms with Crippen molar-refractivity contribution in [1.29, 1.82) is 0 Å². The van der Waals surface area contributed by atoms with Crippen LogP contribution in [0.3, 0.4) is 0 Å². The average Bonchev–Trinajstić information content (AvgIpc) is 3.43. The summed E-state index contributed by atoms with van der Waals surface area (Å²) in [5.74, 6) is -0.343. The van der Waals surface area contributed by atoms with Gasteiger partial charge in [0.05, 0.1) is 10.4 Å². The van der Waals surface area contributed by atoms with Gasteiger partial charge in [-0.2, -0.15) is 0 Å². The zero-order valence-electron chi connectivity index (χ0n) is 19.6. The Balaban J connectivity index is 1.43. The number of carbonyl (C=O) groups is 4. The highest BCUT2D eigenvalue weighted by Crippen LogP contribution is 2.37. The molecule has 0 radical (unpaired) electrons. The monoisotopic (exact) mass is 482 g/mol. The first-order chi connectivity index (χ1) is 16.4. The number of piperidine rings is 1. The van der Waals surface area contributed by atoms with Gasteiger partial charge in [0.25, 0.3) is 11.8 Å². The van der Waals surface area contributed by atoms with Gasteiger partial charge in [-0.15, -0.1) is 11.3 Å². The quantitative estimate of drug-likeness (QED) is 0.458. The van der Waals surface area contributed by atoms with E-state index >= 15 is 0 Å². The second kappa shape index (κ2) is 10.0. The molecule has 0 bridgehead atoms. The predicted molar refractivity (Wildman–Crippen MR) is 129 cm³/mol. The van der Waals surface area contributed by atoms with Gasteiger partial charge in [-0.05, 0) is 50.3 Å². The number of nitrogens with zero attached hydrogens (tertiary/aromatic N) is 3. The van der Waals surface area contributed by atoms with Crippen LogP contribution in [-0.4, -0.2) is 63.6 Å². The third kappa shape index (κ3) is 4.61. The fourth-order valence-electron chi connectivity index (χ4n) is 5.06. The van der Waals surface area contributed by atoms with Crippen molar-refractivity contribution in [3.05, 3.63) is 52.0 Å². The number of rotatable bonds is 8. The second-order valence-electron chi connectivity index (χ2n) is 9.00. The molecular weight excluding hydrogens is 452 g/mol. The fraction of sp³-hybridized carbons (Fsp3) is 0.480. The van der Waals surface area contributed by atoms with Gasteiger partial charge >= 0.3 is 6.03 Å². The van der Waals surface area contributed by atoms with E-state index < -0.39 is 5.54 Å². The Morgan fingerprint density at radius 1 is 1.24 bits per heavy atom. The SMILES string of the molecule is CCC[C@@]1(C2CCN(C(=O)c3csc(C(C)=O)c3)CC2)NC(=O)N(CCc2ccccn2)C1=O. The van der Waals surface area contributed by atoms with E-state index in [0.717, 1.165) is 12.1 Å². The van der Waals surface area contributed by atoms with Gasteiger partial charge in [-0.3, -0.25) is 24.3 Å². The molecule has 180 valence electrons. The van der Waals surface area contributed by atoms with Gasteiger partial charge in [0.15, 0.2) is 5.78 Å². The van der Waals surface area contributed by atoms with Crippen LogP contribution in [0.4, 0.5) is 4.79 Å². The molecule has 4 heterocycles. The number of aromatic nitrogens is 1. The van der Waals surface area contributed by atoms with Crippen LogP contribution in [0.25, 0.3) is 0 Å². The first-order valence-electron chi connectivity index (χ1n) is 11.8. The summed E-state index contributed by atoms with van der Waals surface area (Å²) in [5.41, 5.74) is 0.446. The second-order valence-corrected chi connectivity index (χ2v) is 9.91. The van der Waals surface area contributed by atoms with E-state index in [1.54, 1.807) is 22.5 Å². The number of carbonyl (C=O) groups excluding carboxylic acids is 4. The molecule has 0 aromatic carbocycles. The van der Waals surface area contributed by atoms with Crippen molar-refractivity contribution < 1.29 is 19.2 Å². The minimum absolute atomic E-state index is 0.0388. The van der Waals surface area contributed by atoms with Crippen molar-refractivity contribution in [3.8, 4) is 0 Å². The lowest BCUT2D eigenvalue weighted by molar-refractivity contribution is -0.134. The highest BCUT2D eigenvalue weighted by Gasteiger charge is 2.55. The van der Waals surface area contributed by atoms with E-state index in [4.69, 9.17) is 0 Å². The van der Waals surface area contributed by atoms with Gasteiger partial charge in [0.1, 0.15) is 5.54 Å². The van der Waals surface area contributed by atoms with E-state index in [1.165, 1.54) is 23.2 Å². The number of pyridine rings is 1. The Bertz CT molecular complexity index is 1080. The number of hydrogen-bond acceptors (Lipinski definition) is 6. The molecule has 2 aliphatic heterocycles. The van der Waals surface area contributed by atoms with Gasteiger partial charge in [0.2, 0.25) is 0 Å². The number of nitrogens with one attached hydrogen (secondary N) is 1. The summed E-state index contributed by atoms with van der Waals surface area (Å²) in [4.78, 5) is 58.9. The van der Waals surface area contributed by atoms with Crippen molar-refractivity contribution in [2.24, 2.45) is 5.92 Å². The Hall–Kier alpha value is -3.07. The summed E-state index contributed by atoms with van der Waals surface area (Å²) in [6.07, 6.45) is 4.82. The number of thiophene rings is 1. The van der Waals surface area contributed by atoms with Crippen LogP contribution in [0.5, 0.6) is 0 Å². The third-order valence-electron chi connectivity index (χ3n) is 6.84. The Morgan fingerprint density at radius 2 is 2.00 bits per heavy atom. The highest BCUT2D eigenvalue weighted by atomic mass is 32.1. The molecule has 1 atom stereocenters. The van der Waals surface area contributed by atoms with Crippen LogP contribution < -0.4 is 5.32 Å². The third-order valence-corrected chi connectivity index (χ3v) is 7.87. The lowest BCUT2D eigenvalue weighted by Crippen LogP contribution is -2.56. The topological polar surface area (TPSA) is 99.7 Å². The van der Waals surface area contributed by atoms with Crippen LogP contribution >= 0.6 is 11.3 Å². The molecule has 0 spiro atoms. The van der Waals surface area contributed by atoms with E-state index in [2.05, 4.69) is 10.3 Å². The largest absolute Gasteiger partial charge is 0.339 e. The summed E-state index contributed by atoms with van der Waals surface area (Å²) < 4.78 is 0. The van der Waals surface area contributed by atoms with Gasteiger partial charge < -0.3 is 10.2 Å². The molecule has 2 aromatic rings. The Morgan fingerprint density at radius 3 is 2.62 bits per heavy atom. The van der Waals surface area contributed by atoms with Gasteiger partial charge in [-0.25, -0.2) is 4.79 Å². The van der Waals surface area contributed by atoms with Crippen LogP contribution in [0.15, 0.2) is 35.8 Å². The van der Waals surface area contributed by atoms with Crippen molar-refractivity contribution >= 4 is 35.0 Å². The molecule has 0 aliphatic carbocycles.